The van der Waals surface area contributed by atoms with Crippen LogP contribution in [-0.4, -0.2) is 20.1 Å². The van der Waals surface area contributed by atoms with E-state index in [0.717, 1.165) is 16.2 Å². The molecule has 2 aromatic carbocycles. The summed E-state index contributed by atoms with van der Waals surface area (Å²) in [7, 11) is 0. The zero-order valence-corrected chi connectivity index (χ0v) is 19.1. The second kappa shape index (κ2) is 8.92. The second-order valence-corrected chi connectivity index (χ2v) is 8.97. The van der Waals surface area contributed by atoms with Crippen molar-refractivity contribution in [3.63, 3.8) is 0 Å². The number of aromatic nitrogens is 3. The third-order valence-electron chi connectivity index (χ3n) is 5.67. The van der Waals surface area contributed by atoms with Crippen LogP contribution < -0.4 is 4.74 Å². The minimum absolute atomic E-state index is 0.131. The SMILES string of the molecule is Cc1ccc(CSc2nc(-c3ccccc3F)nc3c2Cc2c(CO)cnc(C)c2O3)cc1. The summed E-state index contributed by atoms with van der Waals surface area (Å²) in [5.41, 5.74) is 5.85. The predicted octanol–water partition coefficient (Wildman–Crippen LogP) is 5.78. The molecular weight excluding hydrogens is 437 g/mol. The van der Waals surface area contributed by atoms with Crippen LogP contribution in [0, 0.1) is 19.7 Å². The Morgan fingerprint density at radius 2 is 1.82 bits per heavy atom. The van der Waals surface area contributed by atoms with Crippen LogP contribution in [-0.2, 0) is 18.8 Å². The number of fused-ring (bicyclic) bond motifs is 2. The molecule has 0 fully saturated rings. The Morgan fingerprint density at radius 3 is 2.58 bits per heavy atom. The highest BCUT2D eigenvalue weighted by molar-refractivity contribution is 7.98. The average Bonchev–Trinajstić information content (AvgIpc) is 2.83. The lowest BCUT2D eigenvalue weighted by Crippen LogP contribution is -2.13. The van der Waals surface area contributed by atoms with Crippen molar-refractivity contribution in [3.8, 4) is 23.0 Å². The van der Waals surface area contributed by atoms with Gasteiger partial charge in [-0.3, -0.25) is 4.98 Å². The third kappa shape index (κ3) is 4.21. The van der Waals surface area contributed by atoms with E-state index in [1.807, 2.05) is 6.92 Å². The Kier molecular flexibility index (Phi) is 5.83. The fourth-order valence-corrected chi connectivity index (χ4v) is 4.79. The van der Waals surface area contributed by atoms with Gasteiger partial charge in [0.2, 0.25) is 5.88 Å². The van der Waals surface area contributed by atoms with E-state index in [4.69, 9.17) is 9.72 Å². The Balaban J connectivity index is 1.60. The van der Waals surface area contributed by atoms with E-state index >= 15 is 0 Å². The molecule has 3 heterocycles. The summed E-state index contributed by atoms with van der Waals surface area (Å²) in [6.45, 7) is 3.79. The number of nitrogens with zero attached hydrogens (tertiary/aromatic N) is 3. The quantitative estimate of drug-likeness (QED) is 0.266. The van der Waals surface area contributed by atoms with Crippen molar-refractivity contribution in [2.24, 2.45) is 0 Å². The van der Waals surface area contributed by atoms with Crippen molar-refractivity contribution in [1.29, 1.82) is 0 Å². The van der Waals surface area contributed by atoms with Crippen LogP contribution in [0.1, 0.15) is 33.5 Å². The van der Waals surface area contributed by atoms with Gasteiger partial charge in [-0.2, -0.15) is 4.98 Å². The molecule has 0 radical (unpaired) electrons. The first-order chi connectivity index (χ1) is 16.0. The molecule has 0 atom stereocenters. The van der Waals surface area contributed by atoms with Gasteiger partial charge >= 0.3 is 0 Å². The smallest absolute Gasteiger partial charge is 0.227 e. The first-order valence-electron chi connectivity index (χ1n) is 10.6. The number of halogens is 1. The Morgan fingerprint density at radius 1 is 1.03 bits per heavy atom. The van der Waals surface area contributed by atoms with Gasteiger partial charge in [-0.05, 0) is 31.5 Å². The van der Waals surface area contributed by atoms with Gasteiger partial charge < -0.3 is 9.84 Å². The molecule has 4 aromatic rings. The number of hydrogen-bond donors (Lipinski definition) is 1. The van der Waals surface area contributed by atoms with Gasteiger partial charge in [0.1, 0.15) is 10.8 Å². The highest BCUT2D eigenvalue weighted by Gasteiger charge is 2.28. The second-order valence-electron chi connectivity index (χ2n) is 8.00. The van der Waals surface area contributed by atoms with Gasteiger partial charge in [-0.15, -0.1) is 11.8 Å². The number of ether oxygens (including phenoxy) is 1. The zero-order valence-electron chi connectivity index (χ0n) is 18.3. The number of aryl methyl sites for hydroxylation is 2. The molecule has 0 spiro atoms. The van der Waals surface area contributed by atoms with E-state index in [-0.39, 0.29) is 18.2 Å². The molecule has 33 heavy (non-hydrogen) atoms. The van der Waals surface area contributed by atoms with E-state index in [2.05, 4.69) is 41.2 Å². The Labute approximate surface area is 195 Å². The zero-order chi connectivity index (χ0) is 22.9. The minimum Gasteiger partial charge on any atom is -0.436 e. The number of aliphatic hydroxyl groups is 1. The molecule has 1 N–H and O–H groups in total. The van der Waals surface area contributed by atoms with Gasteiger partial charge in [-0.1, -0.05) is 42.0 Å². The molecule has 0 saturated carbocycles. The van der Waals surface area contributed by atoms with Gasteiger partial charge in [0, 0.05) is 29.5 Å². The summed E-state index contributed by atoms with van der Waals surface area (Å²) in [6.07, 6.45) is 2.19. The largest absolute Gasteiger partial charge is 0.436 e. The lowest BCUT2D eigenvalue weighted by Gasteiger charge is -2.24. The molecule has 166 valence electrons. The standard InChI is InChI=1S/C26H22FN3O2S/c1-15-7-9-17(10-8-15)14-33-26-21-11-20-18(13-31)12-28-16(2)23(20)32-25(21)29-24(30-26)19-5-3-4-6-22(19)27/h3-10,12,31H,11,13-14H2,1-2H3. The van der Waals surface area contributed by atoms with E-state index < -0.39 is 0 Å². The number of aliphatic hydroxyl groups excluding tert-OH is 1. The fraction of sp³-hybridized carbons (Fsp3) is 0.192. The number of benzene rings is 2. The van der Waals surface area contributed by atoms with Crippen molar-refractivity contribution in [3.05, 3.63) is 94.1 Å². The molecule has 7 heteroatoms. The molecular formula is C26H22FN3O2S. The van der Waals surface area contributed by atoms with Gasteiger partial charge in [0.15, 0.2) is 11.6 Å². The summed E-state index contributed by atoms with van der Waals surface area (Å²) >= 11 is 1.57. The van der Waals surface area contributed by atoms with E-state index in [9.17, 15) is 9.50 Å². The van der Waals surface area contributed by atoms with Crippen molar-refractivity contribution in [1.82, 2.24) is 15.0 Å². The maximum absolute atomic E-state index is 14.6. The molecule has 0 unspecified atom stereocenters. The molecule has 5 nitrogen and oxygen atoms in total. The maximum atomic E-state index is 14.6. The fourth-order valence-electron chi connectivity index (χ4n) is 3.81. The number of pyridine rings is 1. The Hall–Kier alpha value is -3.29. The van der Waals surface area contributed by atoms with Crippen molar-refractivity contribution < 1.29 is 14.2 Å². The lowest BCUT2D eigenvalue weighted by molar-refractivity contribution is 0.278. The monoisotopic (exact) mass is 459 g/mol. The average molecular weight is 460 g/mol. The van der Waals surface area contributed by atoms with Crippen LogP contribution in [0.2, 0.25) is 0 Å². The van der Waals surface area contributed by atoms with Crippen molar-refractivity contribution >= 4 is 11.8 Å². The maximum Gasteiger partial charge on any atom is 0.227 e. The van der Waals surface area contributed by atoms with Gasteiger partial charge in [-0.25, -0.2) is 9.37 Å². The van der Waals surface area contributed by atoms with Gasteiger partial charge in [0.25, 0.3) is 0 Å². The van der Waals surface area contributed by atoms with Gasteiger partial charge in [0.05, 0.1) is 23.4 Å². The molecule has 0 saturated heterocycles. The molecule has 0 bridgehead atoms. The molecule has 1 aliphatic rings. The van der Waals surface area contributed by atoms with Crippen LogP contribution >= 0.6 is 11.8 Å². The van der Waals surface area contributed by atoms with E-state index in [1.165, 1.54) is 17.2 Å². The predicted molar refractivity (Wildman–Crippen MR) is 126 cm³/mol. The normalized spacial score (nSPS) is 12.1. The van der Waals surface area contributed by atoms with Crippen molar-refractivity contribution in [2.45, 2.75) is 37.7 Å². The van der Waals surface area contributed by atoms with E-state index in [1.54, 1.807) is 36.2 Å². The summed E-state index contributed by atoms with van der Waals surface area (Å²) in [6, 6.07) is 14.8. The summed E-state index contributed by atoms with van der Waals surface area (Å²) in [5, 5.41) is 10.6. The molecule has 2 aromatic heterocycles. The number of rotatable bonds is 5. The number of hydrogen-bond acceptors (Lipinski definition) is 6. The Bertz CT molecular complexity index is 1340. The van der Waals surface area contributed by atoms with Crippen LogP contribution in [0.5, 0.6) is 11.6 Å². The topological polar surface area (TPSA) is 68.1 Å². The van der Waals surface area contributed by atoms with E-state index in [0.29, 0.717) is 40.6 Å². The molecule has 5 rings (SSSR count). The summed E-state index contributed by atoms with van der Waals surface area (Å²) in [4.78, 5) is 13.7. The minimum atomic E-state index is -0.386. The van der Waals surface area contributed by atoms with Crippen LogP contribution in [0.15, 0.2) is 59.8 Å². The third-order valence-corrected chi connectivity index (χ3v) is 6.76. The first kappa shape index (κ1) is 21.6. The van der Waals surface area contributed by atoms with Crippen LogP contribution in [0.3, 0.4) is 0 Å². The first-order valence-corrected chi connectivity index (χ1v) is 11.6. The number of thioether (sulfide) groups is 1. The highest BCUT2D eigenvalue weighted by Crippen LogP contribution is 2.43. The summed E-state index contributed by atoms with van der Waals surface area (Å²) in [5.74, 6) is 1.60. The summed E-state index contributed by atoms with van der Waals surface area (Å²) < 4.78 is 20.8. The van der Waals surface area contributed by atoms with Crippen molar-refractivity contribution in [2.75, 3.05) is 0 Å². The van der Waals surface area contributed by atoms with Crippen LogP contribution in [0.25, 0.3) is 11.4 Å². The molecule has 0 amide bonds. The molecule has 1 aliphatic heterocycles. The lowest BCUT2D eigenvalue weighted by atomic mass is 9.99. The molecule has 0 aliphatic carbocycles. The van der Waals surface area contributed by atoms with Crippen LogP contribution in [0.4, 0.5) is 4.39 Å². The highest BCUT2D eigenvalue weighted by atomic mass is 32.2.